The minimum absolute atomic E-state index is 0.138. The van der Waals surface area contributed by atoms with Gasteiger partial charge in [-0.15, -0.1) is 0 Å². The zero-order valence-corrected chi connectivity index (χ0v) is 14.7. The molecular formula is C20H24O3S. The van der Waals surface area contributed by atoms with Crippen LogP contribution in [0.15, 0.2) is 54.6 Å². The van der Waals surface area contributed by atoms with E-state index in [0.717, 1.165) is 29.5 Å². The van der Waals surface area contributed by atoms with Crippen LogP contribution < -0.4 is 0 Å². The molecule has 0 amide bonds. The highest BCUT2D eigenvalue weighted by atomic mass is 32.2. The summed E-state index contributed by atoms with van der Waals surface area (Å²) in [7, 11) is 0. The van der Waals surface area contributed by atoms with Crippen molar-refractivity contribution in [2.24, 2.45) is 5.92 Å². The number of rotatable bonds is 4. The van der Waals surface area contributed by atoms with Crippen molar-refractivity contribution in [1.82, 2.24) is 0 Å². The predicted molar refractivity (Wildman–Crippen MR) is 98.0 cm³/mol. The minimum Gasteiger partial charge on any atom is -0.390 e. The van der Waals surface area contributed by atoms with Gasteiger partial charge >= 0.3 is 0 Å². The quantitative estimate of drug-likeness (QED) is 0.800. The standard InChI is InChI=1S/C20H24O3S/c1-20(21)13-11-18(12-14-20)19(24(22)23)17-9-7-16(8-10-17)15-5-3-2-4-6-15/h2-10,18-19,21H,11-14H2,1H3,(H,22,23). The monoisotopic (exact) mass is 344 g/mol. The zero-order chi connectivity index (χ0) is 17.2. The number of benzene rings is 2. The van der Waals surface area contributed by atoms with Crippen LogP contribution in [0.4, 0.5) is 0 Å². The molecule has 128 valence electrons. The van der Waals surface area contributed by atoms with Crippen molar-refractivity contribution in [2.45, 2.75) is 43.5 Å². The Hall–Kier alpha value is -1.49. The Morgan fingerprint density at radius 1 is 1.00 bits per heavy atom. The second-order valence-corrected chi connectivity index (χ2v) is 8.08. The van der Waals surface area contributed by atoms with E-state index in [-0.39, 0.29) is 11.2 Å². The first-order valence-corrected chi connectivity index (χ1v) is 9.61. The average Bonchev–Trinajstić information content (AvgIpc) is 2.58. The highest BCUT2D eigenvalue weighted by Crippen LogP contribution is 2.41. The number of hydrogen-bond acceptors (Lipinski definition) is 2. The third-order valence-corrected chi connectivity index (χ3v) is 6.19. The first-order chi connectivity index (χ1) is 11.5. The molecule has 0 saturated heterocycles. The summed E-state index contributed by atoms with van der Waals surface area (Å²) in [5, 5.41) is 9.72. The first kappa shape index (κ1) is 17.3. The second kappa shape index (κ2) is 7.18. The molecule has 1 aliphatic carbocycles. The van der Waals surface area contributed by atoms with Gasteiger partial charge in [-0.3, -0.25) is 0 Å². The van der Waals surface area contributed by atoms with Gasteiger partial charge in [0, 0.05) is 0 Å². The Kier molecular flexibility index (Phi) is 5.18. The van der Waals surface area contributed by atoms with Gasteiger partial charge in [0.2, 0.25) is 0 Å². The Labute approximate surface area is 146 Å². The molecule has 0 heterocycles. The highest BCUT2D eigenvalue weighted by molar-refractivity contribution is 7.79. The molecule has 2 aromatic rings. The van der Waals surface area contributed by atoms with E-state index in [0.29, 0.717) is 12.8 Å². The van der Waals surface area contributed by atoms with Gasteiger partial charge in [-0.05, 0) is 55.2 Å². The smallest absolute Gasteiger partial charge is 0.160 e. The maximum absolute atomic E-state index is 12.0. The van der Waals surface area contributed by atoms with Gasteiger partial charge in [-0.2, -0.15) is 0 Å². The van der Waals surface area contributed by atoms with Crippen LogP contribution in [-0.2, 0) is 11.1 Å². The van der Waals surface area contributed by atoms with E-state index in [9.17, 15) is 13.9 Å². The maximum Gasteiger partial charge on any atom is 0.160 e. The maximum atomic E-state index is 12.0. The largest absolute Gasteiger partial charge is 0.390 e. The lowest BCUT2D eigenvalue weighted by Gasteiger charge is -2.36. The molecule has 4 heteroatoms. The van der Waals surface area contributed by atoms with Crippen molar-refractivity contribution in [1.29, 1.82) is 0 Å². The molecule has 2 N–H and O–H groups in total. The van der Waals surface area contributed by atoms with Crippen molar-refractivity contribution >= 4 is 11.1 Å². The second-order valence-electron chi connectivity index (χ2n) is 7.02. The van der Waals surface area contributed by atoms with Crippen LogP contribution in [-0.4, -0.2) is 19.5 Å². The molecule has 3 nitrogen and oxygen atoms in total. The van der Waals surface area contributed by atoms with Crippen molar-refractivity contribution < 1.29 is 13.9 Å². The molecule has 1 saturated carbocycles. The van der Waals surface area contributed by atoms with Crippen LogP contribution in [0.25, 0.3) is 11.1 Å². The van der Waals surface area contributed by atoms with Gasteiger partial charge in [0.05, 0.1) is 10.9 Å². The molecular weight excluding hydrogens is 320 g/mol. The van der Waals surface area contributed by atoms with Gasteiger partial charge in [-0.25, -0.2) is 4.21 Å². The summed E-state index contributed by atoms with van der Waals surface area (Å²) in [6.45, 7) is 1.85. The molecule has 2 atom stereocenters. The van der Waals surface area contributed by atoms with E-state index < -0.39 is 16.7 Å². The normalized spacial score (nSPS) is 26.7. The number of aliphatic hydroxyl groups is 1. The van der Waals surface area contributed by atoms with E-state index >= 15 is 0 Å². The molecule has 2 unspecified atom stereocenters. The summed E-state index contributed by atoms with van der Waals surface area (Å²) in [4.78, 5) is 0. The van der Waals surface area contributed by atoms with Crippen LogP contribution in [0.3, 0.4) is 0 Å². The summed E-state index contributed by atoms with van der Waals surface area (Å²) < 4.78 is 21.8. The summed E-state index contributed by atoms with van der Waals surface area (Å²) in [5.41, 5.74) is 2.52. The third kappa shape index (κ3) is 3.94. The Morgan fingerprint density at radius 3 is 2.08 bits per heavy atom. The van der Waals surface area contributed by atoms with Crippen molar-refractivity contribution in [3.63, 3.8) is 0 Å². The third-order valence-electron chi connectivity index (χ3n) is 5.10. The fourth-order valence-electron chi connectivity index (χ4n) is 3.61. The number of hydrogen-bond donors (Lipinski definition) is 2. The topological polar surface area (TPSA) is 57.5 Å². The van der Waals surface area contributed by atoms with Crippen LogP contribution >= 0.6 is 0 Å². The summed E-state index contributed by atoms with van der Waals surface area (Å²) >= 11 is -1.91. The van der Waals surface area contributed by atoms with Gasteiger partial charge in [0.25, 0.3) is 0 Å². The highest BCUT2D eigenvalue weighted by Gasteiger charge is 2.35. The predicted octanol–water partition coefficient (Wildman–Crippen LogP) is 4.56. The fourth-order valence-corrected chi connectivity index (χ4v) is 4.61. The van der Waals surface area contributed by atoms with Gasteiger partial charge in [0.15, 0.2) is 11.1 Å². The van der Waals surface area contributed by atoms with Crippen molar-refractivity contribution in [3.8, 4) is 11.1 Å². The molecule has 2 aromatic carbocycles. The average molecular weight is 344 g/mol. The van der Waals surface area contributed by atoms with E-state index in [1.54, 1.807) is 0 Å². The molecule has 0 aliphatic heterocycles. The van der Waals surface area contributed by atoms with E-state index in [2.05, 4.69) is 12.1 Å². The minimum atomic E-state index is -1.91. The van der Waals surface area contributed by atoms with Crippen LogP contribution in [0.1, 0.15) is 43.4 Å². The van der Waals surface area contributed by atoms with Crippen LogP contribution in [0.2, 0.25) is 0 Å². The lowest BCUT2D eigenvalue weighted by Crippen LogP contribution is -2.33. The molecule has 0 aromatic heterocycles. The van der Waals surface area contributed by atoms with E-state index in [4.69, 9.17) is 0 Å². The van der Waals surface area contributed by atoms with Gasteiger partial charge in [0.1, 0.15) is 0 Å². The Morgan fingerprint density at radius 2 is 1.54 bits per heavy atom. The van der Waals surface area contributed by atoms with Crippen molar-refractivity contribution in [2.75, 3.05) is 0 Å². The molecule has 1 fully saturated rings. The molecule has 24 heavy (non-hydrogen) atoms. The summed E-state index contributed by atoms with van der Waals surface area (Å²) in [5.74, 6) is 0.138. The van der Waals surface area contributed by atoms with Crippen molar-refractivity contribution in [3.05, 3.63) is 60.2 Å². The molecule has 0 bridgehead atoms. The SMILES string of the molecule is CC1(O)CCC(C(c2ccc(-c3ccccc3)cc2)S(=O)O)CC1. The lowest BCUT2D eigenvalue weighted by molar-refractivity contribution is 0.00732. The summed E-state index contributed by atoms with van der Waals surface area (Å²) in [6, 6.07) is 18.1. The first-order valence-electron chi connectivity index (χ1n) is 8.44. The fraction of sp³-hybridized carbons (Fsp3) is 0.400. The lowest BCUT2D eigenvalue weighted by atomic mass is 9.77. The van der Waals surface area contributed by atoms with E-state index in [1.807, 2.05) is 49.4 Å². The molecule has 0 spiro atoms. The van der Waals surface area contributed by atoms with E-state index in [1.165, 1.54) is 0 Å². The molecule has 1 aliphatic rings. The summed E-state index contributed by atoms with van der Waals surface area (Å²) in [6.07, 6.45) is 2.94. The molecule has 3 rings (SSSR count). The Bertz CT molecular complexity index is 685. The van der Waals surface area contributed by atoms with Gasteiger partial charge in [-0.1, -0.05) is 54.6 Å². The van der Waals surface area contributed by atoms with Crippen LogP contribution in [0, 0.1) is 5.92 Å². The Balaban J connectivity index is 1.81. The molecule has 0 radical (unpaired) electrons. The van der Waals surface area contributed by atoms with Crippen LogP contribution in [0.5, 0.6) is 0 Å². The zero-order valence-electron chi connectivity index (χ0n) is 13.9. The van der Waals surface area contributed by atoms with Gasteiger partial charge < -0.3 is 9.66 Å².